The SMILES string of the molecule is COc1ccc2c(c1)C(C(C)Cl)CC2. The van der Waals surface area contributed by atoms with Crippen LogP contribution in [-0.4, -0.2) is 12.5 Å². The van der Waals surface area contributed by atoms with Gasteiger partial charge in [-0.1, -0.05) is 6.07 Å². The zero-order valence-corrected chi connectivity index (χ0v) is 9.34. The van der Waals surface area contributed by atoms with Gasteiger partial charge in [-0.2, -0.15) is 0 Å². The Morgan fingerprint density at radius 3 is 2.93 bits per heavy atom. The monoisotopic (exact) mass is 210 g/mol. The Morgan fingerprint density at radius 1 is 1.50 bits per heavy atom. The van der Waals surface area contributed by atoms with Crippen LogP contribution < -0.4 is 4.74 Å². The van der Waals surface area contributed by atoms with Crippen molar-refractivity contribution >= 4 is 11.6 Å². The number of aryl methyl sites for hydroxylation is 1. The standard InChI is InChI=1S/C12H15ClO/c1-8(13)11-6-4-9-3-5-10(14-2)7-12(9)11/h3,5,7-8,11H,4,6H2,1-2H3. The van der Waals surface area contributed by atoms with E-state index in [4.69, 9.17) is 16.3 Å². The van der Waals surface area contributed by atoms with Crippen LogP contribution in [0.25, 0.3) is 0 Å². The minimum Gasteiger partial charge on any atom is -0.497 e. The number of benzene rings is 1. The Labute approximate surface area is 90.0 Å². The summed E-state index contributed by atoms with van der Waals surface area (Å²) in [6, 6.07) is 6.32. The van der Waals surface area contributed by atoms with Gasteiger partial charge in [0.2, 0.25) is 0 Å². The van der Waals surface area contributed by atoms with Gasteiger partial charge in [0.25, 0.3) is 0 Å². The Kier molecular flexibility index (Phi) is 2.69. The average Bonchev–Trinajstić information content (AvgIpc) is 2.59. The molecule has 0 spiro atoms. The first-order valence-corrected chi connectivity index (χ1v) is 5.47. The number of alkyl halides is 1. The molecule has 0 radical (unpaired) electrons. The number of hydrogen-bond donors (Lipinski definition) is 0. The van der Waals surface area contributed by atoms with Crippen molar-refractivity contribution in [3.05, 3.63) is 29.3 Å². The van der Waals surface area contributed by atoms with E-state index in [-0.39, 0.29) is 5.38 Å². The molecule has 1 aromatic rings. The largest absolute Gasteiger partial charge is 0.497 e. The minimum atomic E-state index is 0.211. The zero-order chi connectivity index (χ0) is 10.1. The van der Waals surface area contributed by atoms with E-state index in [9.17, 15) is 0 Å². The predicted octanol–water partition coefficient (Wildman–Crippen LogP) is 3.35. The highest BCUT2D eigenvalue weighted by Gasteiger charge is 2.26. The molecule has 1 aromatic carbocycles. The van der Waals surface area contributed by atoms with Gasteiger partial charge in [0.05, 0.1) is 7.11 Å². The Morgan fingerprint density at radius 2 is 2.29 bits per heavy atom. The van der Waals surface area contributed by atoms with Crippen LogP contribution in [0, 0.1) is 0 Å². The molecule has 0 aromatic heterocycles. The summed E-state index contributed by atoms with van der Waals surface area (Å²) >= 11 is 6.17. The highest BCUT2D eigenvalue weighted by atomic mass is 35.5. The van der Waals surface area contributed by atoms with Crippen molar-refractivity contribution in [1.82, 2.24) is 0 Å². The van der Waals surface area contributed by atoms with E-state index >= 15 is 0 Å². The van der Waals surface area contributed by atoms with E-state index in [1.54, 1.807) is 7.11 Å². The average molecular weight is 211 g/mol. The molecule has 0 saturated heterocycles. The van der Waals surface area contributed by atoms with Crippen LogP contribution in [0.2, 0.25) is 0 Å². The highest BCUT2D eigenvalue weighted by Crippen LogP contribution is 2.39. The zero-order valence-electron chi connectivity index (χ0n) is 8.59. The van der Waals surface area contributed by atoms with Gasteiger partial charge in [-0.25, -0.2) is 0 Å². The molecule has 0 N–H and O–H groups in total. The molecule has 1 nitrogen and oxygen atoms in total. The minimum absolute atomic E-state index is 0.211. The summed E-state index contributed by atoms with van der Waals surface area (Å²) in [7, 11) is 1.70. The number of ether oxygens (including phenoxy) is 1. The molecular weight excluding hydrogens is 196 g/mol. The quantitative estimate of drug-likeness (QED) is 0.681. The molecule has 0 saturated carbocycles. The first kappa shape index (κ1) is 9.85. The number of halogens is 1. The van der Waals surface area contributed by atoms with E-state index in [0.717, 1.165) is 12.2 Å². The maximum Gasteiger partial charge on any atom is 0.119 e. The van der Waals surface area contributed by atoms with E-state index < -0.39 is 0 Å². The molecule has 0 aliphatic heterocycles. The van der Waals surface area contributed by atoms with Crippen molar-refractivity contribution in [2.24, 2.45) is 0 Å². The predicted molar refractivity (Wildman–Crippen MR) is 59.4 cm³/mol. The lowest BCUT2D eigenvalue weighted by molar-refractivity contribution is 0.414. The Hall–Kier alpha value is -0.690. The smallest absolute Gasteiger partial charge is 0.119 e. The third-order valence-electron chi connectivity index (χ3n) is 3.03. The van der Waals surface area contributed by atoms with E-state index in [0.29, 0.717) is 5.92 Å². The van der Waals surface area contributed by atoms with Crippen LogP contribution >= 0.6 is 11.6 Å². The van der Waals surface area contributed by atoms with Crippen LogP contribution in [0.15, 0.2) is 18.2 Å². The first-order valence-electron chi connectivity index (χ1n) is 5.03. The molecule has 0 heterocycles. The second kappa shape index (κ2) is 3.82. The van der Waals surface area contributed by atoms with Gasteiger partial charge in [0.15, 0.2) is 0 Å². The molecule has 2 heteroatoms. The molecule has 2 unspecified atom stereocenters. The Balaban J connectivity index is 2.37. The summed E-state index contributed by atoms with van der Waals surface area (Å²) in [5.74, 6) is 1.44. The molecular formula is C12H15ClO. The van der Waals surface area contributed by atoms with Crippen LogP contribution in [0.3, 0.4) is 0 Å². The lowest BCUT2D eigenvalue weighted by Crippen LogP contribution is -2.05. The summed E-state index contributed by atoms with van der Waals surface area (Å²) in [6.07, 6.45) is 2.33. The molecule has 1 aliphatic carbocycles. The van der Waals surface area contributed by atoms with Gasteiger partial charge in [-0.05, 0) is 43.0 Å². The van der Waals surface area contributed by atoms with Crippen molar-refractivity contribution in [1.29, 1.82) is 0 Å². The second-order valence-electron chi connectivity index (χ2n) is 3.89. The van der Waals surface area contributed by atoms with Crippen molar-refractivity contribution in [3.63, 3.8) is 0 Å². The number of hydrogen-bond acceptors (Lipinski definition) is 1. The Bertz CT molecular complexity index is 333. The summed E-state index contributed by atoms with van der Waals surface area (Å²) in [6.45, 7) is 2.07. The third kappa shape index (κ3) is 1.61. The summed E-state index contributed by atoms with van der Waals surface area (Å²) in [5.41, 5.74) is 2.81. The maximum atomic E-state index is 6.17. The normalized spacial score (nSPS) is 21.8. The van der Waals surface area contributed by atoms with Crippen LogP contribution in [0.4, 0.5) is 0 Å². The molecule has 1 aliphatic rings. The molecule has 0 amide bonds. The van der Waals surface area contributed by atoms with Gasteiger partial charge in [0, 0.05) is 11.3 Å². The fourth-order valence-corrected chi connectivity index (χ4v) is 2.48. The fourth-order valence-electron chi connectivity index (χ4n) is 2.22. The van der Waals surface area contributed by atoms with Crippen molar-refractivity contribution in [2.45, 2.75) is 31.1 Å². The van der Waals surface area contributed by atoms with Crippen LogP contribution in [0.1, 0.15) is 30.4 Å². The summed E-state index contributed by atoms with van der Waals surface area (Å²) in [5, 5.41) is 0.211. The molecule has 2 rings (SSSR count). The third-order valence-corrected chi connectivity index (χ3v) is 3.34. The maximum absolute atomic E-state index is 6.17. The molecule has 2 atom stereocenters. The lowest BCUT2D eigenvalue weighted by atomic mass is 9.98. The van der Waals surface area contributed by atoms with E-state index in [1.807, 2.05) is 6.07 Å². The molecule has 76 valence electrons. The van der Waals surface area contributed by atoms with Gasteiger partial charge in [-0.3, -0.25) is 0 Å². The highest BCUT2D eigenvalue weighted by molar-refractivity contribution is 6.20. The molecule has 0 fully saturated rings. The summed E-state index contributed by atoms with van der Waals surface area (Å²) in [4.78, 5) is 0. The van der Waals surface area contributed by atoms with Crippen molar-refractivity contribution in [2.75, 3.05) is 7.11 Å². The first-order chi connectivity index (χ1) is 6.72. The lowest BCUT2D eigenvalue weighted by Gasteiger charge is -2.14. The number of methoxy groups -OCH3 is 1. The van der Waals surface area contributed by atoms with Crippen molar-refractivity contribution in [3.8, 4) is 5.75 Å². The van der Waals surface area contributed by atoms with E-state index in [1.165, 1.54) is 17.5 Å². The van der Waals surface area contributed by atoms with Gasteiger partial charge < -0.3 is 4.74 Å². The topological polar surface area (TPSA) is 9.23 Å². The number of fused-ring (bicyclic) bond motifs is 1. The van der Waals surface area contributed by atoms with Gasteiger partial charge in [-0.15, -0.1) is 11.6 Å². The second-order valence-corrected chi connectivity index (χ2v) is 4.58. The fraction of sp³-hybridized carbons (Fsp3) is 0.500. The van der Waals surface area contributed by atoms with Gasteiger partial charge in [0.1, 0.15) is 5.75 Å². The van der Waals surface area contributed by atoms with E-state index in [2.05, 4.69) is 19.1 Å². The summed E-state index contributed by atoms with van der Waals surface area (Å²) < 4.78 is 5.22. The van der Waals surface area contributed by atoms with Crippen LogP contribution in [-0.2, 0) is 6.42 Å². The van der Waals surface area contributed by atoms with Crippen molar-refractivity contribution < 1.29 is 4.74 Å². The molecule has 0 bridgehead atoms. The van der Waals surface area contributed by atoms with Gasteiger partial charge >= 0.3 is 0 Å². The van der Waals surface area contributed by atoms with Crippen LogP contribution in [0.5, 0.6) is 5.75 Å². The number of rotatable bonds is 2. The molecule has 14 heavy (non-hydrogen) atoms.